The van der Waals surface area contributed by atoms with Crippen molar-refractivity contribution >= 4 is 6.79 Å². The summed E-state index contributed by atoms with van der Waals surface area (Å²) in [6.07, 6.45) is 3.93. The smallest absolute Gasteiger partial charge is 0.106 e. The monoisotopic (exact) mass is 318 g/mol. The summed E-state index contributed by atoms with van der Waals surface area (Å²) in [6, 6.07) is 0. The van der Waals surface area contributed by atoms with Crippen molar-refractivity contribution in [2.24, 2.45) is 0 Å². The maximum absolute atomic E-state index is 8.00. The van der Waals surface area contributed by atoms with Gasteiger partial charge in [0.15, 0.2) is 0 Å². The number of hydrogen-bond acceptors (Lipinski definition) is 6. The lowest BCUT2D eigenvalue weighted by atomic mass is 10.2. The Balaban J connectivity index is 0.000000416. The molecule has 0 atom stereocenters. The average molecular weight is 318 g/mol. The summed E-state index contributed by atoms with van der Waals surface area (Å²) in [4.78, 5) is 12.9. The van der Waals surface area contributed by atoms with Crippen LogP contribution in [-0.2, 0) is 19.0 Å². The Kier molecular flexibility index (Phi) is 15.0. The Morgan fingerprint density at radius 3 is 1.27 bits per heavy atom. The molecule has 6 heteroatoms. The van der Waals surface area contributed by atoms with E-state index in [0.29, 0.717) is 0 Å². The molecule has 0 aromatic heterocycles. The molecule has 3 rings (SSSR count). The molecule has 3 saturated heterocycles. The molecule has 3 fully saturated rings. The van der Waals surface area contributed by atoms with Gasteiger partial charge >= 0.3 is 0 Å². The van der Waals surface area contributed by atoms with Gasteiger partial charge in [0.05, 0.1) is 33.1 Å². The lowest BCUT2D eigenvalue weighted by molar-refractivity contribution is -0.0979. The van der Waals surface area contributed by atoms with Gasteiger partial charge in [0, 0.05) is 39.4 Å². The summed E-state index contributed by atoms with van der Waals surface area (Å²) < 4.78 is 15.7. The minimum absolute atomic E-state index is 0. The molecule has 0 spiro atoms. The standard InChI is InChI=1S/C9H18N2O2.C5H10O.CH2O.CH4/c1-5-12-6-2-10(1)9-11-3-7-13-8-4-11;1-2-4-6-5-3-1;1-2;/h1-9H2;1-5H2;1H2;1H4. The number of ether oxygens (including phenoxy) is 3. The second-order valence-corrected chi connectivity index (χ2v) is 5.28. The zero-order valence-electron chi connectivity index (χ0n) is 13.1. The van der Waals surface area contributed by atoms with E-state index in [4.69, 9.17) is 19.0 Å². The molecule has 0 unspecified atom stereocenters. The van der Waals surface area contributed by atoms with Gasteiger partial charge in [-0.25, -0.2) is 0 Å². The van der Waals surface area contributed by atoms with Gasteiger partial charge in [-0.3, -0.25) is 9.80 Å². The molecule has 0 amide bonds. The largest absolute Gasteiger partial charge is 0.381 e. The first-order valence-corrected chi connectivity index (χ1v) is 7.92. The summed E-state index contributed by atoms with van der Waals surface area (Å²) in [5.74, 6) is 0. The molecule has 0 N–H and O–H groups in total. The first-order chi connectivity index (χ1) is 10.4. The molecule has 3 heterocycles. The highest BCUT2D eigenvalue weighted by Crippen LogP contribution is 2.02. The zero-order valence-corrected chi connectivity index (χ0v) is 13.1. The summed E-state index contributed by atoms with van der Waals surface area (Å²) in [5.41, 5.74) is 0. The van der Waals surface area contributed by atoms with Crippen molar-refractivity contribution in [3.63, 3.8) is 0 Å². The van der Waals surface area contributed by atoms with E-state index in [9.17, 15) is 0 Å². The number of carbonyl (C=O) groups is 1. The number of rotatable bonds is 2. The van der Waals surface area contributed by atoms with Gasteiger partial charge < -0.3 is 19.0 Å². The molecule has 0 saturated carbocycles. The minimum Gasteiger partial charge on any atom is -0.381 e. The van der Waals surface area contributed by atoms with E-state index < -0.39 is 0 Å². The molecule has 0 aromatic rings. The van der Waals surface area contributed by atoms with Crippen molar-refractivity contribution in [3.8, 4) is 0 Å². The van der Waals surface area contributed by atoms with E-state index in [-0.39, 0.29) is 7.43 Å². The van der Waals surface area contributed by atoms with Crippen LogP contribution in [0, 0.1) is 0 Å². The van der Waals surface area contributed by atoms with Gasteiger partial charge in [-0.2, -0.15) is 0 Å². The highest BCUT2D eigenvalue weighted by molar-refractivity contribution is 5.10. The molecular weight excluding hydrogens is 284 g/mol. The maximum Gasteiger partial charge on any atom is 0.106 e. The van der Waals surface area contributed by atoms with Crippen LogP contribution < -0.4 is 0 Å². The minimum atomic E-state index is 0. The van der Waals surface area contributed by atoms with Crippen molar-refractivity contribution < 1.29 is 19.0 Å². The van der Waals surface area contributed by atoms with E-state index in [0.717, 1.165) is 72.5 Å². The normalized spacial score (nSPS) is 23.1. The lowest BCUT2D eigenvalue weighted by Gasteiger charge is -2.34. The van der Waals surface area contributed by atoms with E-state index in [1.807, 2.05) is 6.79 Å². The molecule has 132 valence electrons. The third-order valence-corrected chi connectivity index (χ3v) is 3.68. The Labute approximate surface area is 135 Å². The van der Waals surface area contributed by atoms with Gasteiger partial charge in [0.2, 0.25) is 0 Å². The Morgan fingerprint density at radius 1 is 0.636 bits per heavy atom. The van der Waals surface area contributed by atoms with Crippen molar-refractivity contribution in [1.82, 2.24) is 9.80 Å². The Hall–Kier alpha value is -0.530. The number of carbonyl (C=O) groups excluding carboxylic acids is 1. The fourth-order valence-corrected chi connectivity index (χ4v) is 2.46. The fourth-order valence-electron chi connectivity index (χ4n) is 2.46. The molecule has 0 aliphatic carbocycles. The van der Waals surface area contributed by atoms with Gasteiger partial charge in [-0.15, -0.1) is 0 Å². The van der Waals surface area contributed by atoms with Crippen LogP contribution in [0.15, 0.2) is 0 Å². The quantitative estimate of drug-likeness (QED) is 0.764. The van der Waals surface area contributed by atoms with Crippen molar-refractivity contribution in [3.05, 3.63) is 0 Å². The SMILES string of the molecule is C.C1CCOCC1.C1CN(CN2CCOCC2)CCO1.C=O. The summed E-state index contributed by atoms with van der Waals surface area (Å²) in [5, 5.41) is 0. The Bertz CT molecular complexity index is 201. The zero-order chi connectivity index (χ0) is 15.2. The number of hydrogen-bond donors (Lipinski definition) is 0. The molecule has 22 heavy (non-hydrogen) atoms. The molecule has 6 nitrogen and oxygen atoms in total. The van der Waals surface area contributed by atoms with Crippen molar-refractivity contribution in [2.75, 3.05) is 72.5 Å². The number of morpholine rings is 2. The number of nitrogens with zero attached hydrogens (tertiary/aromatic N) is 2. The maximum atomic E-state index is 8.00. The third kappa shape index (κ3) is 10.2. The molecular formula is C16H34N2O4. The van der Waals surface area contributed by atoms with E-state index in [1.54, 1.807) is 0 Å². The molecule has 0 radical (unpaired) electrons. The summed E-state index contributed by atoms with van der Waals surface area (Å²) in [6.45, 7) is 13.0. The first-order valence-electron chi connectivity index (χ1n) is 7.92. The van der Waals surface area contributed by atoms with Crippen LogP contribution in [0.3, 0.4) is 0 Å². The van der Waals surface area contributed by atoms with E-state index in [2.05, 4.69) is 9.80 Å². The fraction of sp³-hybridized carbons (Fsp3) is 0.938. The van der Waals surface area contributed by atoms with Crippen LogP contribution in [0.2, 0.25) is 0 Å². The second-order valence-electron chi connectivity index (χ2n) is 5.28. The second kappa shape index (κ2) is 15.4. The topological polar surface area (TPSA) is 51.2 Å². The van der Waals surface area contributed by atoms with Crippen LogP contribution in [0.5, 0.6) is 0 Å². The predicted molar refractivity (Wildman–Crippen MR) is 88.2 cm³/mol. The highest BCUT2D eigenvalue weighted by Gasteiger charge is 2.16. The van der Waals surface area contributed by atoms with Gasteiger partial charge in [0.1, 0.15) is 6.79 Å². The van der Waals surface area contributed by atoms with Crippen molar-refractivity contribution in [1.29, 1.82) is 0 Å². The lowest BCUT2D eigenvalue weighted by Crippen LogP contribution is -2.47. The van der Waals surface area contributed by atoms with Gasteiger partial charge in [-0.05, 0) is 19.3 Å². The Morgan fingerprint density at radius 2 is 1.00 bits per heavy atom. The summed E-state index contributed by atoms with van der Waals surface area (Å²) >= 11 is 0. The molecule has 3 aliphatic heterocycles. The predicted octanol–water partition coefficient (Wildman–Crippen LogP) is 1.25. The first kappa shape index (κ1) is 21.5. The molecule has 3 aliphatic rings. The van der Waals surface area contributed by atoms with Crippen LogP contribution in [0.1, 0.15) is 26.7 Å². The summed E-state index contributed by atoms with van der Waals surface area (Å²) in [7, 11) is 0. The van der Waals surface area contributed by atoms with Gasteiger partial charge in [-0.1, -0.05) is 7.43 Å². The van der Waals surface area contributed by atoms with Crippen LogP contribution in [-0.4, -0.2) is 89.1 Å². The van der Waals surface area contributed by atoms with Crippen LogP contribution in [0.25, 0.3) is 0 Å². The van der Waals surface area contributed by atoms with Crippen LogP contribution in [0.4, 0.5) is 0 Å². The average Bonchev–Trinajstić information content (AvgIpc) is 2.61. The van der Waals surface area contributed by atoms with Gasteiger partial charge in [0.25, 0.3) is 0 Å². The molecule has 0 aromatic carbocycles. The molecule has 0 bridgehead atoms. The highest BCUT2D eigenvalue weighted by atomic mass is 16.5. The third-order valence-electron chi connectivity index (χ3n) is 3.68. The van der Waals surface area contributed by atoms with Crippen molar-refractivity contribution in [2.45, 2.75) is 26.7 Å². The van der Waals surface area contributed by atoms with Crippen LogP contribution >= 0.6 is 0 Å². The van der Waals surface area contributed by atoms with E-state index in [1.165, 1.54) is 19.3 Å². The van der Waals surface area contributed by atoms with E-state index >= 15 is 0 Å².